The van der Waals surface area contributed by atoms with Crippen LogP contribution in [0.4, 0.5) is 5.69 Å². The van der Waals surface area contributed by atoms with Crippen molar-refractivity contribution in [3.63, 3.8) is 0 Å². The average molecular weight is 455 g/mol. The standard InChI is InChI=1S/C18H21N3O3.HI/c19-18(20-12-17-13-22-9-10-23-17)21-14-5-4-8-16(11-14)24-15-6-2-1-3-7-15;/h1-8,11,17H,9-10,12-13H2,(H3,19,20,21);1H. The lowest BCUT2D eigenvalue weighted by atomic mass is 10.3. The third-order valence-electron chi connectivity index (χ3n) is 3.44. The average Bonchev–Trinajstić information content (AvgIpc) is 2.62. The molecular weight excluding hydrogens is 433 g/mol. The summed E-state index contributed by atoms with van der Waals surface area (Å²) in [4.78, 5) is 4.29. The molecule has 134 valence electrons. The van der Waals surface area contributed by atoms with Crippen LogP contribution in [-0.2, 0) is 9.47 Å². The number of aliphatic imine (C=N–C) groups is 1. The van der Waals surface area contributed by atoms with E-state index in [2.05, 4.69) is 10.3 Å². The van der Waals surface area contributed by atoms with Gasteiger partial charge in [0.2, 0.25) is 0 Å². The molecule has 0 spiro atoms. The molecule has 1 saturated heterocycles. The van der Waals surface area contributed by atoms with Gasteiger partial charge in [-0.3, -0.25) is 4.99 Å². The van der Waals surface area contributed by atoms with Crippen molar-refractivity contribution in [2.45, 2.75) is 6.10 Å². The molecule has 3 N–H and O–H groups in total. The van der Waals surface area contributed by atoms with E-state index in [1.54, 1.807) is 0 Å². The van der Waals surface area contributed by atoms with Crippen molar-refractivity contribution in [2.24, 2.45) is 10.7 Å². The molecule has 0 radical (unpaired) electrons. The summed E-state index contributed by atoms with van der Waals surface area (Å²) in [6.45, 7) is 2.27. The normalized spacial score (nSPS) is 17.4. The molecule has 0 aromatic heterocycles. The molecule has 0 amide bonds. The highest BCUT2D eigenvalue weighted by atomic mass is 127. The number of hydrogen-bond donors (Lipinski definition) is 2. The van der Waals surface area contributed by atoms with Gasteiger partial charge in [0.25, 0.3) is 0 Å². The Balaban J connectivity index is 0.00000225. The number of anilines is 1. The minimum atomic E-state index is -0.0353. The maximum absolute atomic E-state index is 5.93. The second-order valence-corrected chi connectivity index (χ2v) is 5.36. The molecule has 7 heteroatoms. The number of nitrogens with zero attached hydrogens (tertiary/aromatic N) is 1. The quantitative estimate of drug-likeness (QED) is 0.411. The van der Waals surface area contributed by atoms with Crippen LogP contribution in [0, 0.1) is 0 Å². The summed E-state index contributed by atoms with van der Waals surface area (Å²) >= 11 is 0. The molecular formula is C18H22IN3O3. The van der Waals surface area contributed by atoms with E-state index in [9.17, 15) is 0 Å². The van der Waals surface area contributed by atoms with Gasteiger partial charge >= 0.3 is 0 Å². The maximum Gasteiger partial charge on any atom is 0.193 e. The van der Waals surface area contributed by atoms with Crippen molar-refractivity contribution >= 4 is 35.6 Å². The Morgan fingerprint density at radius 3 is 2.68 bits per heavy atom. The van der Waals surface area contributed by atoms with Gasteiger partial charge in [-0.05, 0) is 24.3 Å². The summed E-state index contributed by atoms with van der Waals surface area (Å²) in [6, 6.07) is 17.2. The van der Waals surface area contributed by atoms with E-state index in [0.717, 1.165) is 17.2 Å². The smallest absolute Gasteiger partial charge is 0.193 e. The molecule has 2 aromatic carbocycles. The first-order valence-electron chi connectivity index (χ1n) is 7.89. The van der Waals surface area contributed by atoms with Gasteiger partial charge in [0.1, 0.15) is 17.6 Å². The lowest BCUT2D eigenvalue weighted by molar-refractivity contribution is -0.0832. The highest BCUT2D eigenvalue weighted by molar-refractivity contribution is 14.0. The number of hydrogen-bond acceptors (Lipinski definition) is 4. The molecule has 1 atom stereocenters. The van der Waals surface area contributed by atoms with Crippen molar-refractivity contribution in [1.29, 1.82) is 0 Å². The summed E-state index contributed by atoms with van der Waals surface area (Å²) in [7, 11) is 0. The first kappa shape index (κ1) is 19.5. The molecule has 1 aliphatic heterocycles. The summed E-state index contributed by atoms with van der Waals surface area (Å²) in [6.07, 6.45) is -0.0353. The van der Waals surface area contributed by atoms with Gasteiger partial charge in [0.05, 0.1) is 26.4 Å². The molecule has 0 aliphatic carbocycles. The minimum Gasteiger partial charge on any atom is -0.457 e. The minimum absolute atomic E-state index is 0. The zero-order valence-electron chi connectivity index (χ0n) is 13.8. The lowest BCUT2D eigenvalue weighted by Crippen LogP contribution is -2.32. The Kier molecular flexibility index (Phi) is 7.96. The fourth-order valence-corrected chi connectivity index (χ4v) is 2.29. The molecule has 1 aliphatic rings. The van der Waals surface area contributed by atoms with Crippen LogP contribution in [0.25, 0.3) is 0 Å². The Morgan fingerprint density at radius 1 is 1.12 bits per heavy atom. The molecule has 1 unspecified atom stereocenters. The molecule has 0 bridgehead atoms. The van der Waals surface area contributed by atoms with E-state index in [1.807, 2.05) is 54.6 Å². The zero-order chi connectivity index (χ0) is 16.6. The van der Waals surface area contributed by atoms with Crippen molar-refractivity contribution in [3.8, 4) is 11.5 Å². The zero-order valence-corrected chi connectivity index (χ0v) is 16.1. The Hall–Kier alpha value is -1.84. The van der Waals surface area contributed by atoms with Gasteiger partial charge in [-0.1, -0.05) is 24.3 Å². The number of para-hydroxylation sites is 1. The van der Waals surface area contributed by atoms with E-state index >= 15 is 0 Å². The van der Waals surface area contributed by atoms with E-state index in [1.165, 1.54) is 0 Å². The van der Waals surface area contributed by atoms with Crippen molar-refractivity contribution < 1.29 is 14.2 Å². The van der Waals surface area contributed by atoms with Crippen LogP contribution < -0.4 is 15.8 Å². The Bertz CT molecular complexity index is 676. The Morgan fingerprint density at radius 2 is 1.92 bits per heavy atom. The fourth-order valence-electron chi connectivity index (χ4n) is 2.29. The third-order valence-corrected chi connectivity index (χ3v) is 3.44. The van der Waals surface area contributed by atoms with Crippen LogP contribution in [0.2, 0.25) is 0 Å². The topological polar surface area (TPSA) is 78.1 Å². The van der Waals surface area contributed by atoms with Crippen LogP contribution in [0.3, 0.4) is 0 Å². The first-order chi connectivity index (χ1) is 11.8. The van der Waals surface area contributed by atoms with Crippen LogP contribution in [-0.4, -0.2) is 38.4 Å². The van der Waals surface area contributed by atoms with Gasteiger partial charge in [0.15, 0.2) is 5.96 Å². The predicted molar refractivity (Wildman–Crippen MR) is 109 cm³/mol. The molecule has 0 saturated carbocycles. The highest BCUT2D eigenvalue weighted by Gasteiger charge is 2.13. The van der Waals surface area contributed by atoms with Gasteiger partial charge < -0.3 is 25.3 Å². The van der Waals surface area contributed by atoms with Crippen LogP contribution in [0.1, 0.15) is 0 Å². The van der Waals surface area contributed by atoms with E-state index in [0.29, 0.717) is 32.3 Å². The molecule has 6 nitrogen and oxygen atoms in total. The predicted octanol–water partition coefficient (Wildman–Crippen LogP) is 3.24. The molecule has 1 heterocycles. The highest BCUT2D eigenvalue weighted by Crippen LogP contribution is 2.23. The number of benzene rings is 2. The van der Waals surface area contributed by atoms with Crippen LogP contribution in [0.5, 0.6) is 11.5 Å². The monoisotopic (exact) mass is 455 g/mol. The van der Waals surface area contributed by atoms with E-state index < -0.39 is 0 Å². The summed E-state index contributed by atoms with van der Waals surface area (Å²) in [5.41, 5.74) is 6.74. The second kappa shape index (κ2) is 10.2. The molecule has 25 heavy (non-hydrogen) atoms. The number of nitrogens with two attached hydrogens (primary N) is 1. The fraction of sp³-hybridized carbons (Fsp3) is 0.278. The molecule has 2 aromatic rings. The number of halogens is 1. The first-order valence-corrected chi connectivity index (χ1v) is 7.89. The largest absolute Gasteiger partial charge is 0.457 e. The molecule has 1 fully saturated rings. The number of ether oxygens (including phenoxy) is 3. The van der Waals surface area contributed by atoms with Gasteiger partial charge in [-0.2, -0.15) is 0 Å². The second-order valence-electron chi connectivity index (χ2n) is 5.36. The number of rotatable bonds is 5. The number of guanidine groups is 1. The molecule has 3 rings (SSSR count). The summed E-state index contributed by atoms with van der Waals surface area (Å²) in [5, 5.41) is 3.06. The van der Waals surface area contributed by atoms with Crippen molar-refractivity contribution in [3.05, 3.63) is 54.6 Å². The SMILES string of the molecule is I.NC(=NCC1COCCO1)Nc1cccc(Oc2ccccc2)c1. The summed E-state index contributed by atoms with van der Waals surface area (Å²) in [5.74, 6) is 1.84. The summed E-state index contributed by atoms with van der Waals surface area (Å²) < 4.78 is 16.7. The maximum atomic E-state index is 5.93. The van der Waals surface area contributed by atoms with Crippen LogP contribution >= 0.6 is 24.0 Å². The lowest BCUT2D eigenvalue weighted by Gasteiger charge is -2.21. The van der Waals surface area contributed by atoms with Crippen molar-refractivity contribution in [1.82, 2.24) is 0 Å². The third kappa shape index (κ3) is 6.52. The number of nitrogens with one attached hydrogen (secondary N) is 1. The van der Waals surface area contributed by atoms with E-state index in [-0.39, 0.29) is 30.1 Å². The Labute approximate surface area is 164 Å². The van der Waals surface area contributed by atoms with Crippen LogP contribution in [0.15, 0.2) is 59.6 Å². The van der Waals surface area contributed by atoms with Crippen molar-refractivity contribution in [2.75, 3.05) is 31.7 Å². The van der Waals surface area contributed by atoms with Gasteiger partial charge in [0, 0.05) is 11.8 Å². The van der Waals surface area contributed by atoms with Gasteiger partial charge in [-0.25, -0.2) is 0 Å². The van der Waals surface area contributed by atoms with E-state index in [4.69, 9.17) is 19.9 Å². The van der Waals surface area contributed by atoms with Gasteiger partial charge in [-0.15, -0.1) is 24.0 Å².